The lowest BCUT2D eigenvalue weighted by Crippen LogP contribution is -2.24. The van der Waals surface area contributed by atoms with Crippen LogP contribution >= 0.6 is 0 Å². The van der Waals surface area contributed by atoms with Gasteiger partial charge in [-0.25, -0.2) is 8.78 Å². The minimum Gasteiger partial charge on any atom is -0.353 e. The molecule has 33 heavy (non-hydrogen) atoms. The lowest BCUT2D eigenvalue weighted by atomic mass is 10.0. The highest BCUT2D eigenvalue weighted by molar-refractivity contribution is 5.95. The third-order valence-electron chi connectivity index (χ3n) is 5.84. The number of hydrogen-bond acceptors (Lipinski definition) is 5. The Labute approximate surface area is 190 Å². The van der Waals surface area contributed by atoms with E-state index in [-0.39, 0.29) is 13.0 Å². The number of alkyl halides is 2. The van der Waals surface area contributed by atoms with Gasteiger partial charge in [0.1, 0.15) is 5.69 Å². The molecule has 0 bridgehead atoms. The topological polar surface area (TPSA) is 69.7 Å². The Balaban J connectivity index is 1.39. The fraction of sp³-hybridized carbons (Fsp3) is 0.240. The van der Waals surface area contributed by atoms with Crippen LogP contribution < -0.4 is 5.32 Å². The molecule has 0 unspecified atom stereocenters. The van der Waals surface area contributed by atoms with Crippen LogP contribution in [-0.2, 0) is 6.54 Å². The zero-order chi connectivity index (χ0) is 23.0. The van der Waals surface area contributed by atoms with E-state index in [2.05, 4.69) is 32.1 Å². The molecule has 0 amide bonds. The molecule has 0 spiro atoms. The van der Waals surface area contributed by atoms with Crippen molar-refractivity contribution in [2.45, 2.75) is 25.8 Å². The van der Waals surface area contributed by atoms with Crippen molar-refractivity contribution in [3.05, 3.63) is 78.5 Å². The normalized spacial score (nSPS) is 15.7. The molecule has 6 nitrogen and oxygen atoms in total. The number of anilines is 1. The van der Waals surface area contributed by atoms with Crippen LogP contribution in [0.2, 0.25) is 0 Å². The maximum absolute atomic E-state index is 13.5. The number of aromatic nitrogens is 4. The molecule has 168 valence electrons. The number of aryl methyl sites for hydroxylation is 1. The van der Waals surface area contributed by atoms with Gasteiger partial charge in [0.25, 0.3) is 5.92 Å². The predicted octanol–water partition coefficient (Wildman–Crippen LogP) is 5.25. The number of halogens is 2. The average molecular weight is 447 g/mol. The fourth-order valence-corrected chi connectivity index (χ4v) is 4.13. The first kappa shape index (κ1) is 21.2. The van der Waals surface area contributed by atoms with Gasteiger partial charge in [0.05, 0.1) is 29.6 Å². The van der Waals surface area contributed by atoms with Gasteiger partial charge < -0.3 is 5.32 Å². The lowest BCUT2D eigenvalue weighted by molar-refractivity contribution is 0.0115. The molecule has 5 rings (SSSR count). The summed E-state index contributed by atoms with van der Waals surface area (Å²) in [4.78, 5) is 10.4. The first-order valence-corrected chi connectivity index (χ1v) is 10.8. The van der Waals surface area contributed by atoms with Gasteiger partial charge in [-0.3, -0.25) is 20.0 Å². The third-order valence-corrected chi connectivity index (χ3v) is 5.84. The van der Waals surface area contributed by atoms with Gasteiger partial charge in [-0.15, -0.1) is 0 Å². The van der Waals surface area contributed by atoms with Crippen LogP contribution in [0.15, 0.2) is 61.6 Å². The highest BCUT2D eigenvalue weighted by Gasteiger charge is 2.37. The largest absolute Gasteiger partial charge is 0.353 e. The zero-order valence-electron chi connectivity index (χ0n) is 18.3. The van der Waals surface area contributed by atoms with Crippen LogP contribution in [0.3, 0.4) is 0 Å². The first-order chi connectivity index (χ1) is 15.9. The number of H-pyrrole nitrogens is 1. The Bertz CT molecular complexity index is 1310. The second kappa shape index (κ2) is 8.37. The SMILES string of the molecule is C=C(Nc1ccc(C)nc1)c1n[nH]c2ccc(-c3cncc(CN4CCC(F)(F)C4)c3)cc12. The molecule has 1 aromatic carbocycles. The van der Waals surface area contributed by atoms with Gasteiger partial charge in [0.2, 0.25) is 0 Å². The van der Waals surface area contributed by atoms with Crippen molar-refractivity contribution in [1.29, 1.82) is 0 Å². The molecule has 0 radical (unpaired) electrons. The lowest BCUT2D eigenvalue weighted by Gasteiger charge is -2.15. The number of fused-ring (bicyclic) bond motifs is 1. The maximum Gasteiger partial charge on any atom is 0.261 e. The predicted molar refractivity (Wildman–Crippen MR) is 126 cm³/mol. The van der Waals surface area contributed by atoms with E-state index in [1.54, 1.807) is 23.5 Å². The van der Waals surface area contributed by atoms with Gasteiger partial charge >= 0.3 is 0 Å². The number of nitrogens with zero attached hydrogens (tertiary/aromatic N) is 4. The highest BCUT2D eigenvalue weighted by Crippen LogP contribution is 2.30. The van der Waals surface area contributed by atoms with Gasteiger partial charge in [-0.2, -0.15) is 5.10 Å². The average Bonchev–Trinajstić information content (AvgIpc) is 3.37. The quantitative estimate of drug-likeness (QED) is 0.423. The number of likely N-dealkylation sites (tertiary alicyclic amines) is 1. The number of hydrogen-bond donors (Lipinski definition) is 2. The van der Waals surface area contributed by atoms with Crippen LogP contribution in [-0.4, -0.2) is 44.1 Å². The van der Waals surface area contributed by atoms with Gasteiger partial charge in [0, 0.05) is 48.5 Å². The minimum atomic E-state index is -2.60. The fourth-order valence-electron chi connectivity index (χ4n) is 4.13. The first-order valence-electron chi connectivity index (χ1n) is 10.8. The van der Waals surface area contributed by atoms with Crippen LogP contribution in [0.25, 0.3) is 27.7 Å². The molecular weight excluding hydrogens is 422 g/mol. The molecule has 1 fully saturated rings. The van der Waals surface area contributed by atoms with E-state index in [0.717, 1.165) is 44.7 Å². The molecule has 3 aromatic heterocycles. The third kappa shape index (κ3) is 4.61. The van der Waals surface area contributed by atoms with Crippen molar-refractivity contribution in [2.24, 2.45) is 0 Å². The van der Waals surface area contributed by atoms with Crippen molar-refractivity contribution >= 4 is 22.3 Å². The minimum absolute atomic E-state index is 0.0867. The Hall–Kier alpha value is -3.65. The molecule has 0 atom stereocenters. The van der Waals surface area contributed by atoms with Gasteiger partial charge in [0.15, 0.2) is 0 Å². The van der Waals surface area contributed by atoms with Crippen molar-refractivity contribution in [3.8, 4) is 11.1 Å². The smallest absolute Gasteiger partial charge is 0.261 e. The zero-order valence-corrected chi connectivity index (χ0v) is 18.3. The van der Waals surface area contributed by atoms with E-state index < -0.39 is 5.92 Å². The molecular formula is C25H24F2N6. The van der Waals surface area contributed by atoms with Gasteiger partial charge in [-0.1, -0.05) is 12.6 Å². The summed E-state index contributed by atoms with van der Waals surface area (Å²) in [5, 5.41) is 11.7. The summed E-state index contributed by atoms with van der Waals surface area (Å²) >= 11 is 0. The second-order valence-corrected chi connectivity index (χ2v) is 8.52. The maximum atomic E-state index is 13.5. The monoisotopic (exact) mass is 446 g/mol. The Morgan fingerprint density at radius 1 is 1.15 bits per heavy atom. The molecule has 0 saturated carbocycles. The van der Waals surface area contributed by atoms with Crippen molar-refractivity contribution in [1.82, 2.24) is 25.1 Å². The standard InChI is InChI=1S/C25H24F2N6/c1-16-3-5-21(13-29-16)30-17(2)24-22-10-19(4-6-23(22)31-32-24)20-9-18(11-28-12-20)14-33-8-7-25(26,27)15-33/h3-6,9-13,30H,2,7-8,14-15H2,1H3,(H,31,32). The summed E-state index contributed by atoms with van der Waals surface area (Å²) in [6, 6.07) is 11.9. The summed E-state index contributed by atoms with van der Waals surface area (Å²) in [7, 11) is 0. The number of nitrogens with one attached hydrogen (secondary N) is 2. The summed E-state index contributed by atoms with van der Waals surface area (Å²) in [5.41, 5.74) is 6.85. The summed E-state index contributed by atoms with van der Waals surface area (Å²) in [5.74, 6) is -2.60. The van der Waals surface area contributed by atoms with E-state index in [4.69, 9.17) is 0 Å². The molecule has 8 heteroatoms. The van der Waals surface area contributed by atoms with Crippen molar-refractivity contribution < 1.29 is 8.78 Å². The van der Waals surface area contributed by atoms with Crippen molar-refractivity contribution in [2.75, 3.05) is 18.4 Å². The Morgan fingerprint density at radius 3 is 2.79 bits per heavy atom. The van der Waals surface area contributed by atoms with Crippen LogP contribution in [0, 0.1) is 6.92 Å². The molecule has 1 aliphatic heterocycles. The Morgan fingerprint density at radius 2 is 2.03 bits per heavy atom. The van der Waals surface area contributed by atoms with E-state index in [1.807, 2.05) is 43.3 Å². The molecule has 1 saturated heterocycles. The molecule has 1 aliphatic rings. The summed E-state index contributed by atoms with van der Waals surface area (Å²) in [6.07, 6.45) is 5.20. The number of rotatable bonds is 6. The van der Waals surface area contributed by atoms with Crippen LogP contribution in [0.1, 0.15) is 23.4 Å². The summed E-state index contributed by atoms with van der Waals surface area (Å²) in [6.45, 7) is 6.74. The van der Waals surface area contributed by atoms with E-state index in [9.17, 15) is 8.78 Å². The molecule has 0 aliphatic carbocycles. The van der Waals surface area contributed by atoms with Crippen LogP contribution in [0.5, 0.6) is 0 Å². The van der Waals surface area contributed by atoms with Crippen LogP contribution in [0.4, 0.5) is 14.5 Å². The number of aromatic amines is 1. The Kier molecular flexibility index (Phi) is 5.38. The molecule has 2 N–H and O–H groups in total. The van der Waals surface area contributed by atoms with E-state index in [0.29, 0.717) is 18.8 Å². The highest BCUT2D eigenvalue weighted by atomic mass is 19.3. The second-order valence-electron chi connectivity index (χ2n) is 8.52. The number of benzene rings is 1. The van der Waals surface area contributed by atoms with Crippen molar-refractivity contribution in [3.63, 3.8) is 0 Å². The van der Waals surface area contributed by atoms with Gasteiger partial charge in [-0.05, 0) is 48.4 Å². The molecule has 4 aromatic rings. The number of pyridine rings is 2. The molecule has 4 heterocycles. The van der Waals surface area contributed by atoms with E-state index in [1.165, 1.54) is 0 Å². The van der Waals surface area contributed by atoms with E-state index >= 15 is 0 Å². The summed E-state index contributed by atoms with van der Waals surface area (Å²) < 4.78 is 27.1.